The SMILES string of the molecule is NCc1ccc(S(=O)(=O)C2CCCCC2)cn1. The first kappa shape index (κ1) is 12.5. The van der Waals surface area contributed by atoms with Crippen LogP contribution in [0.5, 0.6) is 0 Å². The molecule has 1 aliphatic rings. The van der Waals surface area contributed by atoms with Crippen LogP contribution in [0.15, 0.2) is 23.2 Å². The Bertz CT molecular complexity index is 462. The highest BCUT2D eigenvalue weighted by Gasteiger charge is 2.28. The predicted molar refractivity (Wildman–Crippen MR) is 66.2 cm³/mol. The highest BCUT2D eigenvalue weighted by Crippen LogP contribution is 2.28. The topological polar surface area (TPSA) is 73.1 Å². The lowest BCUT2D eigenvalue weighted by molar-refractivity contribution is 0.483. The molecule has 17 heavy (non-hydrogen) atoms. The summed E-state index contributed by atoms with van der Waals surface area (Å²) in [5, 5.41) is -0.221. The maximum Gasteiger partial charge on any atom is 0.182 e. The van der Waals surface area contributed by atoms with Crippen molar-refractivity contribution in [3.63, 3.8) is 0 Å². The van der Waals surface area contributed by atoms with Crippen molar-refractivity contribution in [3.8, 4) is 0 Å². The van der Waals surface area contributed by atoms with Gasteiger partial charge in [-0.15, -0.1) is 0 Å². The fraction of sp³-hybridized carbons (Fsp3) is 0.583. The molecule has 1 heterocycles. The summed E-state index contributed by atoms with van der Waals surface area (Å²) in [6, 6.07) is 3.31. The number of rotatable bonds is 3. The van der Waals surface area contributed by atoms with Crippen molar-refractivity contribution < 1.29 is 8.42 Å². The zero-order valence-electron chi connectivity index (χ0n) is 9.80. The van der Waals surface area contributed by atoms with Crippen LogP contribution in [0, 0.1) is 0 Å². The summed E-state index contributed by atoms with van der Waals surface area (Å²) >= 11 is 0. The van der Waals surface area contributed by atoms with Crippen LogP contribution in [-0.2, 0) is 16.4 Å². The van der Waals surface area contributed by atoms with E-state index in [9.17, 15) is 8.42 Å². The quantitative estimate of drug-likeness (QED) is 0.890. The zero-order chi connectivity index (χ0) is 12.3. The summed E-state index contributed by atoms with van der Waals surface area (Å²) in [5.74, 6) is 0. The highest BCUT2D eigenvalue weighted by molar-refractivity contribution is 7.92. The number of aromatic nitrogens is 1. The number of nitrogens with zero attached hydrogens (tertiary/aromatic N) is 1. The minimum absolute atomic E-state index is 0.221. The van der Waals surface area contributed by atoms with Gasteiger partial charge in [0.25, 0.3) is 0 Å². The maximum absolute atomic E-state index is 12.3. The number of pyridine rings is 1. The Morgan fingerprint density at radius 1 is 1.24 bits per heavy atom. The molecule has 4 nitrogen and oxygen atoms in total. The van der Waals surface area contributed by atoms with Crippen LogP contribution in [0.3, 0.4) is 0 Å². The van der Waals surface area contributed by atoms with Crippen LogP contribution in [-0.4, -0.2) is 18.7 Å². The van der Waals surface area contributed by atoms with E-state index < -0.39 is 9.84 Å². The van der Waals surface area contributed by atoms with Crippen LogP contribution in [0.1, 0.15) is 37.8 Å². The summed E-state index contributed by atoms with van der Waals surface area (Å²) in [7, 11) is -3.19. The molecule has 1 aromatic rings. The van der Waals surface area contributed by atoms with E-state index in [0.717, 1.165) is 32.1 Å². The van der Waals surface area contributed by atoms with E-state index in [0.29, 0.717) is 17.1 Å². The Hall–Kier alpha value is -0.940. The summed E-state index contributed by atoms with van der Waals surface area (Å²) < 4.78 is 24.6. The lowest BCUT2D eigenvalue weighted by atomic mass is 10.0. The first-order valence-electron chi connectivity index (χ1n) is 6.03. The van der Waals surface area contributed by atoms with Gasteiger partial charge in [0.1, 0.15) is 0 Å². The Kier molecular flexibility index (Phi) is 3.79. The maximum atomic E-state index is 12.3. The minimum atomic E-state index is -3.19. The number of sulfone groups is 1. The standard InChI is InChI=1S/C12H18N2O2S/c13-8-10-6-7-12(9-14-10)17(15,16)11-4-2-1-3-5-11/h6-7,9,11H,1-5,8,13H2. The normalized spacial score (nSPS) is 18.2. The molecule has 94 valence electrons. The van der Waals surface area contributed by atoms with Crippen LogP contribution in [0.2, 0.25) is 0 Å². The van der Waals surface area contributed by atoms with Gasteiger partial charge in [-0.3, -0.25) is 4.98 Å². The second kappa shape index (κ2) is 5.14. The zero-order valence-corrected chi connectivity index (χ0v) is 10.6. The third kappa shape index (κ3) is 2.66. The van der Waals surface area contributed by atoms with E-state index in [1.807, 2.05) is 0 Å². The molecule has 0 saturated heterocycles. The summed E-state index contributed by atoms with van der Waals surface area (Å²) in [4.78, 5) is 4.39. The molecule has 5 heteroatoms. The van der Waals surface area contributed by atoms with Crippen molar-refractivity contribution in [3.05, 3.63) is 24.0 Å². The minimum Gasteiger partial charge on any atom is -0.325 e. The molecule has 0 unspecified atom stereocenters. The van der Waals surface area contributed by atoms with Gasteiger partial charge in [-0.1, -0.05) is 19.3 Å². The molecule has 2 N–H and O–H groups in total. The second-order valence-corrected chi connectivity index (χ2v) is 6.72. The Labute approximate surface area is 102 Å². The number of hydrogen-bond acceptors (Lipinski definition) is 4. The van der Waals surface area contributed by atoms with E-state index in [1.165, 1.54) is 6.20 Å². The molecular formula is C12H18N2O2S. The van der Waals surface area contributed by atoms with E-state index in [-0.39, 0.29) is 5.25 Å². The highest BCUT2D eigenvalue weighted by atomic mass is 32.2. The van der Waals surface area contributed by atoms with Crippen LogP contribution in [0.4, 0.5) is 0 Å². The lowest BCUT2D eigenvalue weighted by Crippen LogP contribution is -2.24. The Morgan fingerprint density at radius 2 is 1.94 bits per heavy atom. The van der Waals surface area contributed by atoms with Gasteiger partial charge >= 0.3 is 0 Å². The third-order valence-electron chi connectivity index (χ3n) is 3.33. The summed E-state index contributed by atoms with van der Waals surface area (Å²) in [6.45, 7) is 0.337. The molecule has 0 atom stereocenters. The summed E-state index contributed by atoms with van der Waals surface area (Å²) in [5.41, 5.74) is 6.16. The first-order chi connectivity index (χ1) is 8.14. The molecule has 1 aliphatic carbocycles. The van der Waals surface area contributed by atoms with Crippen LogP contribution in [0.25, 0.3) is 0 Å². The molecule has 1 fully saturated rings. The fourth-order valence-corrected chi connectivity index (χ4v) is 4.06. The molecule has 2 rings (SSSR count). The smallest absolute Gasteiger partial charge is 0.182 e. The van der Waals surface area contributed by atoms with E-state index in [2.05, 4.69) is 4.98 Å². The van der Waals surface area contributed by atoms with Gasteiger partial charge in [-0.25, -0.2) is 8.42 Å². The molecule has 0 aromatic carbocycles. The average Bonchev–Trinajstić information content (AvgIpc) is 2.40. The molecule has 0 aliphatic heterocycles. The number of nitrogens with two attached hydrogens (primary N) is 1. The van der Waals surface area contributed by atoms with Gasteiger partial charge in [0, 0.05) is 12.7 Å². The van der Waals surface area contributed by atoms with Gasteiger partial charge < -0.3 is 5.73 Å². The monoisotopic (exact) mass is 254 g/mol. The van der Waals surface area contributed by atoms with Gasteiger partial charge in [0.15, 0.2) is 9.84 Å². The van der Waals surface area contributed by atoms with E-state index >= 15 is 0 Å². The van der Waals surface area contributed by atoms with E-state index in [4.69, 9.17) is 5.73 Å². The third-order valence-corrected chi connectivity index (χ3v) is 5.57. The van der Waals surface area contributed by atoms with Crippen molar-refractivity contribution in [2.24, 2.45) is 5.73 Å². The van der Waals surface area contributed by atoms with Crippen molar-refractivity contribution >= 4 is 9.84 Å². The van der Waals surface area contributed by atoms with Crippen LogP contribution >= 0.6 is 0 Å². The Morgan fingerprint density at radius 3 is 2.47 bits per heavy atom. The van der Waals surface area contributed by atoms with Crippen molar-refractivity contribution in [1.29, 1.82) is 0 Å². The molecule has 1 aromatic heterocycles. The largest absolute Gasteiger partial charge is 0.325 e. The lowest BCUT2D eigenvalue weighted by Gasteiger charge is -2.21. The van der Waals surface area contributed by atoms with Gasteiger partial charge in [0.2, 0.25) is 0 Å². The van der Waals surface area contributed by atoms with Crippen molar-refractivity contribution in [2.75, 3.05) is 0 Å². The summed E-state index contributed by atoms with van der Waals surface area (Å²) in [6.07, 6.45) is 6.17. The molecular weight excluding hydrogens is 236 g/mol. The molecule has 1 saturated carbocycles. The van der Waals surface area contributed by atoms with Crippen LogP contribution < -0.4 is 5.73 Å². The van der Waals surface area contributed by atoms with Crippen molar-refractivity contribution in [2.45, 2.75) is 48.8 Å². The Balaban J connectivity index is 2.23. The molecule has 0 bridgehead atoms. The van der Waals surface area contributed by atoms with Gasteiger partial charge in [0.05, 0.1) is 15.8 Å². The average molecular weight is 254 g/mol. The van der Waals surface area contributed by atoms with Gasteiger partial charge in [-0.2, -0.15) is 0 Å². The first-order valence-corrected chi connectivity index (χ1v) is 7.58. The molecule has 0 radical (unpaired) electrons. The predicted octanol–water partition coefficient (Wildman–Crippen LogP) is 1.65. The van der Waals surface area contributed by atoms with Crippen molar-refractivity contribution in [1.82, 2.24) is 4.98 Å². The van der Waals surface area contributed by atoms with Gasteiger partial charge in [-0.05, 0) is 25.0 Å². The second-order valence-electron chi connectivity index (χ2n) is 4.49. The fourth-order valence-electron chi connectivity index (χ4n) is 2.27. The molecule has 0 amide bonds. The van der Waals surface area contributed by atoms with E-state index in [1.54, 1.807) is 12.1 Å². The molecule has 0 spiro atoms. The number of hydrogen-bond donors (Lipinski definition) is 1.